The van der Waals surface area contributed by atoms with Gasteiger partial charge in [0.2, 0.25) is 5.91 Å². The van der Waals surface area contributed by atoms with Crippen molar-refractivity contribution in [3.63, 3.8) is 0 Å². The molecule has 2 aliphatic rings. The van der Waals surface area contributed by atoms with Crippen molar-refractivity contribution in [3.05, 3.63) is 101 Å². The van der Waals surface area contributed by atoms with E-state index < -0.39 is 6.04 Å². The first-order valence-corrected chi connectivity index (χ1v) is 13.0. The first-order chi connectivity index (χ1) is 17.8. The number of carbonyl (C=O) groups excluding carboxylic acids is 3. The highest BCUT2D eigenvalue weighted by Crippen LogP contribution is 2.33. The van der Waals surface area contributed by atoms with Crippen LogP contribution in [0.3, 0.4) is 0 Å². The first kappa shape index (κ1) is 24.8. The Morgan fingerprint density at radius 3 is 2.30 bits per heavy atom. The van der Waals surface area contributed by atoms with Crippen LogP contribution >= 0.6 is 0 Å². The molecule has 6 heteroatoms. The highest BCUT2D eigenvalue weighted by molar-refractivity contribution is 6.11. The summed E-state index contributed by atoms with van der Waals surface area (Å²) in [6.07, 6.45) is 1.52. The molecule has 2 unspecified atom stereocenters. The van der Waals surface area contributed by atoms with Gasteiger partial charge in [-0.05, 0) is 66.6 Å². The molecule has 0 aliphatic carbocycles. The lowest BCUT2D eigenvalue weighted by Crippen LogP contribution is -2.44. The minimum absolute atomic E-state index is 0.0464. The van der Waals surface area contributed by atoms with E-state index in [1.54, 1.807) is 28.0 Å². The van der Waals surface area contributed by atoms with Gasteiger partial charge in [-0.25, -0.2) is 0 Å². The third-order valence-corrected chi connectivity index (χ3v) is 7.50. The van der Waals surface area contributed by atoms with Crippen LogP contribution in [0.15, 0.2) is 72.8 Å². The van der Waals surface area contributed by atoms with Gasteiger partial charge in [0, 0.05) is 12.1 Å². The van der Waals surface area contributed by atoms with E-state index in [0.29, 0.717) is 42.2 Å². The van der Waals surface area contributed by atoms with Crippen molar-refractivity contribution < 1.29 is 14.4 Å². The molecule has 1 N–H and O–H groups in total. The smallest absolute Gasteiger partial charge is 0.256 e. The van der Waals surface area contributed by atoms with Crippen LogP contribution in [0.5, 0.6) is 0 Å². The van der Waals surface area contributed by atoms with Gasteiger partial charge in [-0.1, -0.05) is 62.4 Å². The van der Waals surface area contributed by atoms with Crippen molar-refractivity contribution in [1.82, 2.24) is 10.2 Å². The number of para-hydroxylation sites is 1. The Bertz CT molecular complexity index is 1310. The van der Waals surface area contributed by atoms with Gasteiger partial charge in [0.25, 0.3) is 11.8 Å². The molecule has 0 saturated carbocycles. The molecule has 0 aromatic heterocycles. The van der Waals surface area contributed by atoms with Crippen LogP contribution in [0.2, 0.25) is 0 Å². The van der Waals surface area contributed by atoms with Crippen molar-refractivity contribution in [2.75, 3.05) is 11.4 Å². The van der Waals surface area contributed by atoms with E-state index in [-0.39, 0.29) is 23.8 Å². The maximum Gasteiger partial charge on any atom is 0.256 e. The van der Waals surface area contributed by atoms with Gasteiger partial charge in [-0.15, -0.1) is 0 Å². The van der Waals surface area contributed by atoms with Gasteiger partial charge in [0.15, 0.2) is 0 Å². The summed E-state index contributed by atoms with van der Waals surface area (Å²) in [6.45, 7) is 7.25. The molecule has 3 aromatic rings. The third kappa shape index (κ3) is 4.88. The van der Waals surface area contributed by atoms with Crippen LogP contribution in [0.1, 0.15) is 83.0 Å². The van der Waals surface area contributed by atoms with E-state index in [2.05, 4.69) is 43.4 Å². The Kier molecular flexibility index (Phi) is 6.83. The summed E-state index contributed by atoms with van der Waals surface area (Å²) in [6, 6.07) is 22.5. The molecule has 0 radical (unpaired) electrons. The predicted octanol–water partition coefficient (Wildman–Crippen LogP) is 5.45. The Labute approximate surface area is 218 Å². The monoisotopic (exact) mass is 495 g/mol. The summed E-state index contributed by atoms with van der Waals surface area (Å²) in [5.74, 6) is 0.201. The zero-order valence-electron chi connectivity index (χ0n) is 21.6. The molecule has 37 heavy (non-hydrogen) atoms. The highest BCUT2D eigenvalue weighted by atomic mass is 16.2. The molecule has 1 fully saturated rings. The van der Waals surface area contributed by atoms with Gasteiger partial charge in [0.1, 0.15) is 6.04 Å². The third-order valence-electron chi connectivity index (χ3n) is 7.50. The summed E-state index contributed by atoms with van der Waals surface area (Å²) in [5, 5.41) is 3.07. The van der Waals surface area contributed by atoms with Gasteiger partial charge in [0.05, 0.1) is 23.8 Å². The number of benzene rings is 3. The summed E-state index contributed by atoms with van der Waals surface area (Å²) < 4.78 is 0. The average Bonchev–Trinajstić information content (AvgIpc) is 3.39. The van der Waals surface area contributed by atoms with Crippen molar-refractivity contribution in [2.24, 2.45) is 0 Å². The fourth-order valence-electron chi connectivity index (χ4n) is 5.25. The van der Waals surface area contributed by atoms with Gasteiger partial charge < -0.3 is 15.1 Å². The summed E-state index contributed by atoms with van der Waals surface area (Å²) >= 11 is 0. The SMILES string of the molecule is CC(C)c1ccc(C(C)NC(=O)c2ccc(CN3C(=O)C4CCCN4C(=O)c4ccccc43)cc2)cc1. The van der Waals surface area contributed by atoms with E-state index in [1.165, 1.54) is 5.56 Å². The predicted molar refractivity (Wildman–Crippen MR) is 145 cm³/mol. The molecule has 2 aliphatic heterocycles. The lowest BCUT2D eigenvalue weighted by atomic mass is 9.99. The molecular weight excluding hydrogens is 462 g/mol. The molecule has 3 aromatic carbocycles. The summed E-state index contributed by atoms with van der Waals surface area (Å²) in [5.41, 5.74) is 5.00. The molecule has 5 rings (SSSR count). The number of amides is 3. The number of carbonyl (C=O) groups is 3. The van der Waals surface area contributed by atoms with E-state index >= 15 is 0 Å². The standard InChI is InChI=1S/C31H33N3O3/c1-20(2)23-14-16-24(17-15-23)21(3)32-29(35)25-12-10-22(11-13-25)19-34-27-8-5-4-7-26(27)30(36)33-18-6-9-28(33)31(34)37/h4-5,7-8,10-17,20-21,28H,6,9,18-19H2,1-3H3,(H,32,35). The topological polar surface area (TPSA) is 69.7 Å². The number of nitrogens with zero attached hydrogens (tertiary/aromatic N) is 2. The molecule has 3 amide bonds. The lowest BCUT2D eigenvalue weighted by molar-refractivity contribution is -0.122. The van der Waals surface area contributed by atoms with Gasteiger partial charge in [-0.2, -0.15) is 0 Å². The normalized spacial score (nSPS) is 17.9. The van der Waals surface area contributed by atoms with E-state index in [1.807, 2.05) is 37.3 Å². The van der Waals surface area contributed by atoms with E-state index in [0.717, 1.165) is 17.5 Å². The fraction of sp³-hybridized carbons (Fsp3) is 0.323. The Morgan fingerprint density at radius 2 is 1.59 bits per heavy atom. The Balaban J connectivity index is 1.30. The van der Waals surface area contributed by atoms with Crippen molar-refractivity contribution in [1.29, 1.82) is 0 Å². The maximum atomic E-state index is 13.5. The Morgan fingerprint density at radius 1 is 0.919 bits per heavy atom. The second-order valence-electron chi connectivity index (χ2n) is 10.3. The number of fused-ring (bicyclic) bond motifs is 2. The number of nitrogens with one attached hydrogen (secondary N) is 1. The molecule has 190 valence electrons. The molecule has 0 spiro atoms. The molecule has 2 atom stereocenters. The molecule has 2 heterocycles. The summed E-state index contributed by atoms with van der Waals surface area (Å²) in [4.78, 5) is 43.0. The van der Waals surface area contributed by atoms with Crippen molar-refractivity contribution in [2.45, 2.75) is 58.2 Å². The minimum Gasteiger partial charge on any atom is -0.346 e. The lowest BCUT2D eigenvalue weighted by Gasteiger charge is -2.26. The zero-order valence-corrected chi connectivity index (χ0v) is 21.6. The quantitative estimate of drug-likeness (QED) is 0.494. The second kappa shape index (κ2) is 10.2. The van der Waals surface area contributed by atoms with Crippen LogP contribution < -0.4 is 10.2 Å². The van der Waals surface area contributed by atoms with Crippen LogP contribution in [0.4, 0.5) is 5.69 Å². The Hall–Kier alpha value is -3.93. The fourth-order valence-corrected chi connectivity index (χ4v) is 5.25. The molecule has 0 bridgehead atoms. The number of anilines is 1. The minimum atomic E-state index is -0.416. The molecular formula is C31H33N3O3. The number of hydrogen-bond donors (Lipinski definition) is 1. The molecule has 1 saturated heterocycles. The van der Waals surface area contributed by atoms with Gasteiger partial charge in [-0.3, -0.25) is 14.4 Å². The average molecular weight is 496 g/mol. The van der Waals surface area contributed by atoms with Crippen molar-refractivity contribution in [3.8, 4) is 0 Å². The first-order valence-electron chi connectivity index (χ1n) is 13.0. The highest BCUT2D eigenvalue weighted by Gasteiger charge is 2.41. The number of hydrogen-bond acceptors (Lipinski definition) is 3. The van der Waals surface area contributed by atoms with Gasteiger partial charge >= 0.3 is 0 Å². The summed E-state index contributed by atoms with van der Waals surface area (Å²) in [7, 11) is 0. The molecule has 6 nitrogen and oxygen atoms in total. The largest absolute Gasteiger partial charge is 0.346 e. The van der Waals surface area contributed by atoms with Crippen LogP contribution in [-0.2, 0) is 11.3 Å². The van der Waals surface area contributed by atoms with Crippen LogP contribution in [-0.4, -0.2) is 35.2 Å². The van der Waals surface area contributed by atoms with Crippen LogP contribution in [0.25, 0.3) is 0 Å². The van der Waals surface area contributed by atoms with E-state index in [9.17, 15) is 14.4 Å². The number of rotatable bonds is 6. The second-order valence-corrected chi connectivity index (χ2v) is 10.3. The van der Waals surface area contributed by atoms with Crippen molar-refractivity contribution >= 4 is 23.4 Å². The van der Waals surface area contributed by atoms with Crippen LogP contribution in [0, 0.1) is 0 Å². The zero-order chi connectivity index (χ0) is 26.1. The maximum absolute atomic E-state index is 13.5. The van der Waals surface area contributed by atoms with E-state index in [4.69, 9.17) is 0 Å².